The summed E-state index contributed by atoms with van der Waals surface area (Å²) in [7, 11) is 4.73. The van der Waals surface area contributed by atoms with Crippen LogP contribution in [0.2, 0.25) is 0 Å². The smallest absolute Gasteiger partial charge is 0.295 e. The first-order chi connectivity index (χ1) is 14.0. The third-order valence-electron chi connectivity index (χ3n) is 5.33. The Hall–Kier alpha value is -3.48. The molecule has 7 heteroatoms. The molecule has 29 heavy (non-hydrogen) atoms. The van der Waals surface area contributed by atoms with E-state index < -0.39 is 11.7 Å². The van der Waals surface area contributed by atoms with E-state index in [2.05, 4.69) is 4.98 Å². The van der Waals surface area contributed by atoms with Crippen LogP contribution in [0.15, 0.2) is 36.5 Å². The van der Waals surface area contributed by atoms with Crippen molar-refractivity contribution in [1.82, 2.24) is 9.88 Å². The fraction of sp³-hybridized carbons (Fsp3) is 0.273. The summed E-state index contributed by atoms with van der Waals surface area (Å²) in [6.07, 6.45) is 2.23. The zero-order chi connectivity index (χ0) is 20.5. The first-order valence-electron chi connectivity index (χ1n) is 9.28. The maximum atomic E-state index is 13.0. The molecule has 2 heterocycles. The second-order valence-electron chi connectivity index (χ2n) is 6.90. The van der Waals surface area contributed by atoms with Crippen LogP contribution in [-0.4, -0.2) is 49.4 Å². The predicted octanol–water partition coefficient (Wildman–Crippen LogP) is 2.96. The van der Waals surface area contributed by atoms with E-state index in [0.717, 1.165) is 16.6 Å². The van der Waals surface area contributed by atoms with Gasteiger partial charge in [0.1, 0.15) is 5.75 Å². The first kappa shape index (κ1) is 18.9. The first-order valence-corrected chi connectivity index (χ1v) is 9.28. The molecule has 0 fully saturated rings. The van der Waals surface area contributed by atoms with Gasteiger partial charge in [-0.05, 0) is 47.9 Å². The highest BCUT2D eigenvalue weighted by molar-refractivity contribution is 6.44. The number of Topliss-reactive ketones (excluding diaryl/α,β-unsaturated/α-hetero) is 1. The van der Waals surface area contributed by atoms with Gasteiger partial charge in [-0.15, -0.1) is 0 Å². The number of rotatable bonds is 5. The summed E-state index contributed by atoms with van der Waals surface area (Å²) < 4.78 is 16.0. The van der Waals surface area contributed by atoms with E-state index in [1.807, 2.05) is 18.2 Å². The lowest BCUT2D eigenvalue weighted by Crippen LogP contribution is -2.40. The highest BCUT2D eigenvalue weighted by Crippen LogP contribution is 2.33. The lowest BCUT2D eigenvalue weighted by atomic mass is 9.98. The van der Waals surface area contributed by atoms with Crippen LogP contribution in [-0.2, 0) is 17.8 Å². The molecule has 0 spiro atoms. The number of hydrogen-bond acceptors (Lipinski definition) is 5. The maximum Gasteiger partial charge on any atom is 0.295 e. The van der Waals surface area contributed by atoms with Gasteiger partial charge in [0, 0.05) is 30.2 Å². The summed E-state index contributed by atoms with van der Waals surface area (Å²) >= 11 is 0. The number of hydrogen-bond donors (Lipinski definition) is 1. The van der Waals surface area contributed by atoms with Gasteiger partial charge in [-0.1, -0.05) is 0 Å². The minimum atomic E-state index is -0.534. The number of benzene rings is 2. The van der Waals surface area contributed by atoms with E-state index in [1.165, 1.54) is 0 Å². The van der Waals surface area contributed by atoms with Gasteiger partial charge < -0.3 is 24.1 Å². The summed E-state index contributed by atoms with van der Waals surface area (Å²) in [5.74, 6) is 0.847. The van der Waals surface area contributed by atoms with Gasteiger partial charge in [-0.25, -0.2) is 0 Å². The van der Waals surface area contributed by atoms with Crippen LogP contribution in [0.3, 0.4) is 0 Å². The van der Waals surface area contributed by atoms with Crippen LogP contribution in [0, 0.1) is 0 Å². The predicted molar refractivity (Wildman–Crippen MR) is 108 cm³/mol. The summed E-state index contributed by atoms with van der Waals surface area (Å²) in [6.45, 7) is 0.824. The Kier molecular flexibility index (Phi) is 4.88. The van der Waals surface area contributed by atoms with Crippen molar-refractivity contribution >= 4 is 22.6 Å². The van der Waals surface area contributed by atoms with Gasteiger partial charge in [0.25, 0.3) is 11.7 Å². The largest absolute Gasteiger partial charge is 0.497 e. The fourth-order valence-electron chi connectivity index (χ4n) is 3.73. The number of ketones is 1. The number of fused-ring (bicyclic) bond motifs is 2. The zero-order valence-corrected chi connectivity index (χ0v) is 16.6. The molecule has 1 amide bonds. The maximum absolute atomic E-state index is 13.0. The molecule has 3 aromatic rings. The monoisotopic (exact) mass is 394 g/mol. The highest BCUT2D eigenvalue weighted by Gasteiger charge is 2.29. The van der Waals surface area contributed by atoms with E-state index in [0.29, 0.717) is 47.7 Å². The average molecular weight is 394 g/mol. The highest BCUT2D eigenvalue weighted by atomic mass is 16.5. The second-order valence-corrected chi connectivity index (χ2v) is 6.90. The van der Waals surface area contributed by atoms with E-state index >= 15 is 0 Å². The Bertz CT molecular complexity index is 1100. The lowest BCUT2D eigenvalue weighted by molar-refractivity contribution is -0.127. The molecule has 0 atom stereocenters. The third-order valence-corrected chi connectivity index (χ3v) is 5.33. The quantitative estimate of drug-likeness (QED) is 0.532. The van der Waals surface area contributed by atoms with Crippen molar-refractivity contribution in [2.24, 2.45) is 0 Å². The van der Waals surface area contributed by atoms with Crippen molar-refractivity contribution in [3.8, 4) is 17.2 Å². The number of nitrogens with zero attached hydrogens (tertiary/aromatic N) is 1. The van der Waals surface area contributed by atoms with E-state index in [1.54, 1.807) is 44.6 Å². The molecule has 1 aliphatic rings. The van der Waals surface area contributed by atoms with Gasteiger partial charge in [0.15, 0.2) is 11.5 Å². The Labute approximate surface area is 168 Å². The van der Waals surface area contributed by atoms with Gasteiger partial charge in [0.2, 0.25) is 0 Å². The van der Waals surface area contributed by atoms with Crippen molar-refractivity contribution in [2.75, 3.05) is 27.9 Å². The summed E-state index contributed by atoms with van der Waals surface area (Å²) in [5, 5.41) is 0.673. The van der Waals surface area contributed by atoms with Crippen molar-refractivity contribution in [1.29, 1.82) is 0 Å². The van der Waals surface area contributed by atoms with Crippen molar-refractivity contribution < 1.29 is 23.8 Å². The number of amides is 1. The molecule has 7 nitrogen and oxygen atoms in total. The minimum Gasteiger partial charge on any atom is -0.497 e. The normalized spacial score (nSPS) is 13.1. The fourth-order valence-corrected chi connectivity index (χ4v) is 3.73. The Morgan fingerprint density at radius 1 is 0.966 bits per heavy atom. The minimum absolute atomic E-state index is 0.349. The molecule has 2 aromatic carbocycles. The second kappa shape index (κ2) is 7.50. The molecular weight excluding hydrogens is 372 g/mol. The van der Waals surface area contributed by atoms with Crippen molar-refractivity contribution in [2.45, 2.75) is 13.0 Å². The molecule has 0 bridgehead atoms. The lowest BCUT2D eigenvalue weighted by Gasteiger charge is -2.29. The molecule has 1 aliphatic heterocycles. The van der Waals surface area contributed by atoms with E-state index in [-0.39, 0.29) is 0 Å². The number of methoxy groups -OCH3 is 3. The topological polar surface area (TPSA) is 80.9 Å². The summed E-state index contributed by atoms with van der Waals surface area (Å²) in [5.41, 5.74) is 3.18. The Morgan fingerprint density at radius 2 is 1.69 bits per heavy atom. The molecular formula is C22H22N2O5. The summed E-state index contributed by atoms with van der Waals surface area (Å²) in [4.78, 5) is 30.5. The number of nitrogens with one attached hydrogen (secondary N) is 1. The molecule has 0 aliphatic carbocycles. The van der Waals surface area contributed by atoms with Crippen molar-refractivity contribution in [3.05, 3.63) is 53.2 Å². The van der Waals surface area contributed by atoms with Crippen LogP contribution in [0.1, 0.15) is 21.5 Å². The molecule has 0 radical (unpaired) electrons. The molecule has 150 valence electrons. The number of ether oxygens (including phenoxy) is 3. The van der Waals surface area contributed by atoms with Crippen LogP contribution in [0.4, 0.5) is 0 Å². The van der Waals surface area contributed by atoms with Crippen LogP contribution in [0.25, 0.3) is 10.9 Å². The molecule has 1 aromatic heterocycles. The standard InChI is InChI=1S/C22H22N2O5/c1-27-15-4-5-18-16(10-15)17(11-23-18)21(25)22(26)24-7-6-13-8-19(28-2)20(29-3)9-14(13)12-24/h4-5,8-11,23H,6-7,12H2,1-3H3. The van der Waals surface area contributed by atoms with Gasteiger partial charge in [0.05, 0.1) is 26.9 Å². The third kappa shape index (κ3) is 3.29. The summed E-state index contributed by atoms with van der Waals surface area (Å²) in [6, 6.07) is 9.19. The number of aromatic nitrogens is 1. The van der Waals surface area contributed by atoms with E-state index in [9.17, 15) is 9.59 Å². The average Bonchev–Trinajstić information content (AvgIpc) is 3.19. The van der Waals surface area contributed by atoms with E-state index in [4.69, 9.17) is 14.2 Å². The van der Waals surface area contributed by atoms with Gasteiger partial charge in [-0.3, -0.25) is 9.59 Å². The zero-order valence-electron chi connectivity index (χ0n) is 16.6. The molecule has 0 saturated carbocycles. The molecule has 1 N–H and O–H groups in total. The van der Waals surface area contributed by atoms with Crippen molar-refractivity contribution in [3.63, 3.8) is 0 Å². The van der Waals surface area contributed by atoms with Crippen LogP contribution < -0.4 is 14.2 Å². The number of carbonyl (C=O) groups excluding carboxylic acids is 2. The number of H-pyrrole nitrogens is 1. The Balaban J connectivity index is 1.60. The number of carbonyl (C=O) groups is 2. The number of aromatic amines is 1. The molecule has 0 saturated heterocycles. The molecule has 4 rings (SSSR count). The van der Waals surface area contributed by atoms with Gasteiger partial charge in [-0.2, -0.15) is 0 Å². The molecule has 0 unspecified atom stereocenters. The van der Waals surface area contributed by atoms with Gasteiger partial charge >= 0.3 is 0 Å². The Morgan fingerprint density at radius 3 is 2.38 bits per heavy atom. The SMILES string of the molecule is COc1ccc2[nH]cc(C(=O)C(=O)N3CCc4cc(OC)c(OC)cc4C3)c2c1. The van der Waals surface area contributed by atoms with Crippen LogP contribution >= 0.6 is 0 Å². The van der Waals surface area contributed by atoms with Crippen LogP contribution in [0.5, 0.6) is 17.2 Å².